The Morgan fingerprint density at radius 3 is 2.10 bits per heavy atom. The molecule has 1 aromatic rings. The molecule has 6 unspecified atom stereocenters. The molecule has 16 heteroatoms. The van der Waals surface area contributed by atoms with Crippen molar-refractivity contribution in [3.8, 4) is 5.75 Å². The number of rotatable bonds is 20. The number of allylic oxidation sites excluding steroid dienone is 1. The number of hydrogen-bond acceptors (Lipinski definition) is 10. The summed E-state index contributed by atoms with van der Waals surface area (Å²) in [5.41, 5.74) is 0.630. The summed E-state index contributed by atoms with van der Waals surface area (Å²) in [6.07, 6.45) is 11.4. The first-order chi connectivity index (χ1) is 27.9. The number of ether oxygens (including phenoxy) is 1. The number of esters is 1. The SMILES string of the molecule is CCCCCCC=CCC(=O)NC(CO)C(=O)NC(C(=O)NC(C(=O)NC1C=CC(=O)NC(C(C)C)C(=O)N(C)C(Cc2ccc(O)cc2)C(=O)OC1)C(C)C)C(C)C. The van der Waals surface area contributed by atoms with Crippen LogP contribution in [0, 0.1) is 17.8 Å². The highest BCUT2D eigenvalue weighted by Crippen LogP contribution is 2.17. The number of amides is 6. The van der Waals surface area contributed by atoms with Crippen LogP contribution in [0.3, 0.4) is 0 Å². The average molecular weight is 827 g/mol. The van der Waals surface area contributed by atoms with Crippen molar-refractivity contribution in [3.05, 3.63) is 54.1 Å². The highest BCUT2D eigenvalue weighted by Gasteiger charge is 2.36. The average Bonchev–Trinajstić information content (AvgIpc) is 3.18. The van der Waals surface area contributed by atoms with Gasteiger partial charge in [-0.25, -0.2) is 4.79 Å². The van der Waals surface area contributed by atoms with E-state index < -0.39 is 103 Å². The molecule has 1 aliphatic rings. The van der Waals surface area contributed by atoms with Crippen molar-refractivity contribution in [1.29, 1.82) is 0 Å². The maximum absolute atomic E-state index is 13.8. The van der Waals surface area contributed by atoms with Crippen LogP contribution >= 0.6 is 0 Å². The molecule has 0 aliphatic carbocycles. The number of aliphatic hydroxyl groups is 1. The molecule has 6 atom stereocenters. The van der Waals surface area contributed by atoms with Gasteiger partial charge in [-0.2, -0.15) is 0 Å². The van der Waals surface area contributed by atoms with Crippen LogP contribution in [-0.4, -0.2) is 113 Å². The molecule has 1 heterocycles. The minimum Gasteiger partial charge on any atom is -0.508 e. The Labute approximate surface area is 348 Å². The molecule has 59 heavy (non-hydrogen) atoms. The molecule has 0 spiro atoms. The highest BCUT2D eigenvalue weighted by molar-refractivity contribution is 5.96. The third kappa shape index (κ3) is 16.9. The van der Waals surface area contributed by atoms with Crippen LogP contribution in [-0.2, 0) is 44.7 Å². The van der Waals surface area contributed by atoms with Gasteiger partial charge >= 0.3 is 5.97 Å². The van der Waals surface area contributed by atoms with E-state index in [0.717, 1.165) is 38.2 Å². The van der Waals surface area contributed by atoms with Crippen LogP contribution < -0.4 is 26.6 Å². The second-order valence-corrected chi connectivity index (χ2v) is 16.0. The van der Waals surface area contributed by atoms with Crippen molar-refractivity contribution >= 4 is 41.4 Å². The van der Waals surface area contributed by atoms with Gasteiger partial charge in [0.1, 0.15) is 42.6 Å². The third-order valence-corrected chi connectivity index (χ3v) is 9.92. The summed E-state index contributed by atoms with van der Waals surface area (Å²) in [5.74, 6) is -5.80. The Balaban J connectivity index is 2.22. The predicted molar refractivity (Wildman–Crippen MR) is 222 cm³/mol. The molecule has 6 amide bonds. The molecule has 16 nitrogen and oxygen atoms in total. The first-order valence-corrected chi connectivity index (χ1v) is 20.6. The molecule has 1 aromatic carbocycles. The molecule has 0 aromatic heterocycles. The topological polar surface area (TPSA) is 233 Å². The fraction of sp³-hybridized carbons (Fsp3) is 0.605. The summed E-state index contributed by atoms with van der Waals surface area (Å²) in [4.78, 5) is 94.7. The normalized spacial score (nSPS) is 19.4. The fourth-order valence-electron chi connectivity index (χ4n) is 6.22. The second kappa shape index (κ2) is 25.3. The van der Waals surface area contributed by atoms with Crippen LogP contribution in [0.5, 0.6) is 5.75 Å². The standard InChI is InChI=1S/C43H66N6O10/c1-9-10-11-12-13-14-15-16-34(52)45-32(24-50)39(54)47-37(27(4)5)41(56)48-36(26(2)3)40(55)44-30-19-22-35(53)46-38(28(6)7)42(57)49(8)33(43(58)59-25-30)23-29-17-20-31(51)21-18-29/h14-15,17-22,26-28,30,32-33,36-38,50-51H,9-13,16,23-25H2,1-8H3,(H,44,55)(H,45,52)(H,46,53)(H,47,54)(H,48,56). The van der Waals surface area contributed by atoms with Crippen LogP contribution in [0.2, 0.25) is 0 Å². The summed E-state index contributed by atoms with van der Waals surface area (Å²) in [7, 11) is 1.44. The van der Waals surface area contributed by atoms with Gasteiger partial charge in [-0.05, 0) is 48.3 Å². The third-order valence-electron chi connectivity index (χ3n) is 9.92. The number of carbonyl (C=O) groups is 7. The van der Waals surface area contributed by atoms with E-state index in [1.54, 1.807) is 59.8 Å². The number of benzene rings is 1. The summed E-state index contributed by atoms with van der Waals surface area (Å²) in [6, 6.07) is -0.673. The minimum absolute atomic E-state index is 0.0203. The van der Waals surface area contributed by atoms with Gasteiger partial charge in [0, 0.05) is 26.0 Å². The molecule has 0 radical (unpaired) electrons. The predicted octanol–water partition coefficient (Wildman–Crippen LogP) is 2.18. The summed E-state index contributed by atoms with van der Waals surface area (Å²) in [6.45, 7) is 11.3. The summed E-state index contributed by atoms with van der Waals surface area (Å²) in [5, 5.41) is 32.9. The maximum atomic E-state index is 13.8. The number of carbonyl (C=O) groups excluding carboxylic acids is 7. The molecule has 0 bridgehead atoms. The van der Waals surface area contributed by atoms with E-state index in [-0.39, 0.29) is 24.5 Å². The van der Waals surface area contributed by atoms with Gasteiger partial charge in [0.25, 0.3) is 0 Å². The fourth-order valence-corrected chi connectivity index (χ4v) is 6.22. The largest absolute Gasteiger partial charge is 0.508 e. The zero-order valence-electron chi connectivity index (χ0n) is 35.8. The van der Waals surface area contributed by atoms with Crippen molar-refractivity contribution in [2.75, 3.05) is 20.3 Å². The molecule has 328 valence electrons. The van der Waals surface area contributed by atoms with Gasteiger partial charge in [0.05, 0.1) is 12.6 Å². The lowest BCUT2D eigenvalue weighted by Gasteiger charge is -2.32. The second-order valence-electron chi connectivity index (χ2n) is 16.0. The number of nitrogens with one attached hydrogen (secondary N) is 5. The number of aliphatic hydroxyl groups excluding tert-OH is 1. The zero-order valence-corrected chi connectivity index (χ0v) is 35.8. The van der Waals surface area contributed by atoms with Crippen molar-refractivity contribution in [3.63, 3.8) is 0 Å². The first-order valence-electron chi connectivity index (χ1n) is 20.6. The van der Waals surface area contributed by atoms with Crippen LogP contribution in [0.1, 0.15) is 92.6 Å². The summed E-state index contributed by atoms with van der Waals surface area (Å²) < 4.78 is 5.66. The Morgan fingerprint density at radius 1 is 0.881 bits per heavy atom. The molecule has 7 N–H and O–H groups in total. The van der Waals surface area contributed by atoms with Gasteiger partial charge in [0.15, 0.2) is 0 Å². The van der Waals surface area contributed by atoms with Crippen molar-refractivity contribution in [2.45, 2.75) is 130 Å². The smallest absolute Gasteiger partial charge is 0.329 e. The Kier molecular flexibility index (Phi) is 21.4. The van der Waals surface area contributed by atoms with Crippen LogP contribution in [0.25, 0.3) is 0 Å². The number of phenols is 1. The number of aromatic hydroxyl groups is 1. The molecular formula is C43H66N6O10. The number of nitrogens with zero attached hydrogens (tertiary/aromatic N) is 1. The Morgan fingerprint density at radius 2 is 1.51 bits per heavy atom. The van der Waals surface area contributed by atoms with E-state index in [0.29, 0.717) is 5.56 Å². The molecule has 2 rings (SSSR count). The van der Waals surface area contributed by atoms with Gasteiger partial charge in [0.2, 0.25) is 35.4 Å². The monoisotopic (exact) mass is 826 g/mol. The molecule has 1 aliphatic heterocycles. The summed E-state index contributed by atoms with van der Waals surface area (Å²) >= 11 is 0. The van der Waals surface area contributed by atoms with Gasteiger partial charge in [-0.1, -0.05) is 98.1 Å². The van der Waals surface area contributed by atoms with Crippen LogP contribution in [0.4, 0.5) is 0 Å². The van der Waals surface area contributed by atoms with Crippen LogP contribution in [0.15, 0.2) is 48.6 Å². The number of phenolic OH excluding ortho intramolecular Hbond substituents is 1. The Bertz CT molecular complexity index is 1630. The number of cyclic esters (lactones) is 1. The van der Waals surface area contributed by atoms with E-state index in [1.807, 2.05) is 6.08 Å². The maximum Gasteiger partial charge on any atom is 0.329 e. The lowest BCUT2D eigenvalue weighted by Crippen LogP contribution is -2.60. The van der Waals surface area contributed by atoms with Gasteiger partial charge in [-0.15, -0.1) is 0 Å². The first kappa shape index (κ1) is 49.9. The highest BCUT2D eigenvalue weighted by atomic mass is 16.5. The molecule has 0 fully saturated rings. The van der Waals surface area contributed by atoms with Gasteiger partial charge in [-0.3, -0.25) is 28.8 Å². The van der Waals surface area contributed by atoms with E-state index in [2.05, 4.69) is 33.5 Å². The van der Waals surface area contributed by atoms with E-state index in [1.165, 1.54) is 30.2 Å². The minimum atomic E-state index is -1.32. The van der Waals surface area contributed by atoms with Crippen molar-refractivity contribution in [1.82, 2.24) is 31.5 Å². The van der Waals surface area contributed by atoms with Crippen molar-refractivity contribution in [2.24, 2.45) is 17.8 Å². The number of hydrogen-bond donors (Lipinski definition) is 7. The number of likely N-dealkylation sites (N-methyl/N-ethyl adjacent to an activating group) is 1. The molecular weight excluding hydrogens is 761 g/mol. The van der Waals surface area contributed by atoms with Crippen molar-refractivity contribution < 1.29 is 48.5 Å². The van der Waals surface area contributed by atoms with E-state index in [9.17, 15) is 43.8 Å². The quantitative estimate of drug-likeness (QED) is 0.0576. The van der Waals surface area contributed by atoms with E-state index in [4.69, 9.17) is 4.74 Å². The zero-order chi connectivity index (χ0) is 44.2. The lowest BCUT2D eigenvalue weighted by molar-refractivity contribution is -0.156. The number of unbranched alkanes of at least 4 members (excludes halogenated alkanes) is 4. The molecule has 0 saturated carbocycles. The Hall–Kier alpha value is -5.25. The molecule has 0 saturated heterocycles. The van der Waals surface area contributed by atoms with E-state index >= 15 is 0 Å². The van der Waals surface area contributed by atoms with Gasteiger partial charge < -0.3 is 46.4 Å². The lowest BCUT2D eigenvalue weighted by atomic mass is 9.99.